The van der Waals surface area contributed by atoms with E-state index in [1.807, 2.05) is 0 Å². The first kappa shape index (κ1) is 17.9. The first-order valence-electron chi connectivity index (χ1n) is 7.80. The standard InChI is InChI=1S/C16H23FN2O3S/c1-18(23(21,22)15-10-8-13(17)9-11-15)12-16(20)19(2)14-6-4-3-5-7-14/h8-11,14H,3-7,12H2,1-2H3. The molecule has 1 aromatic carbocycles. The topological polar surface area (TPSA) is 57.7 Å². The minimum absolute atomic E-state index is 0.0190. The maximum absolute atomic E-state index is 12.9. The van der Waals surface area contributed by atoms with Crippen LogP contribution in [0.1, 0.15) is 32.1 Å². The Morgan fingerprint density at radius 3 is 2.26 bits per heavy atom. The molecule has 0 bridgehead atoms. The summed E-state index contributed by atoms with van der Waals surface area (Å²) < 4.78 is 38.8. The molecular weight excluding hydrogens is 319 g/mol. The number of nitrogens with zero attached hydrogens (tertiary/aromatic N) is 2. The van der Waals surface area contributed by atoms with Crippen molar-refractivity contribution in [2.24, 2.45) is 0 Å². The van der Waals surface area contributed by atoms with Crippen molar-refractivity contribution in [3.05, 3.63) is 30.1 Å². The van der Waals surface area contributed by atoms with Crippen LogP contribution in [0.2, 0.25) is 0 Å². The average Bonchev–Trinajstić information content (AvgIpc) is 2.55. The number of halogens is 1. The van der Waals surface area contributed by atoms with Crippen LogP contribution in [-0.4, -0.2) is 50.2 Å². The maximum atomic E-state index is 12.9. The van der Waals surface area contributed by atoms with Gasteiger partial charge in [-0.15, -0.1) is 0 Å². The van der Waals surface area contributed by atoms with Crippen LogP contribution < -0.4 is 0 Å². The van der Waals surface area contributed by atoms with Gasteiger partial charge in [-0.05, 0) is 37.1 Å². The van der Waals surface area contributed by atoms with E-state index in [9.17, 15) is 17.6 Å². The Balaban J connectivity index is 2.03. The molecule has 0 heterocycles. The molecule has 0 aliphatic heterocycles. The summed E-state index contributed by atoms with van der Waals surface area (Å²) >= 11 is 0. The lowest BCUT2D eigenvalue weighted by atomic mass is 9.94. The number of sulfonamides is 1. The van der Waals surface area contributed by atoms with E-state index in [1.54, 1.807) is 11.9 Å². The molecule has 1 saturated carbocycles. The van der Waals surface area contributed by atoms with Crippen molar-refractivity contribution in [3.8, 4) is 0 Å². The van der Waals surface area contributed by atoms with E-state index in [1.165, 1.54) is 25.6 Å². The lowest BCUT2D eigenvalue weighted by molar-refractivity contribution is -0.132. The number of likely N-dealkylation sites (N-methyl/N-ethyl adjacent to an activating group) is 2. The Bertz CT molecular complexity index is 640. The molecule has 1 fully saturated rings. The fraction of sp³-hybridized carbons (Fsp3) is 0.562. The second-order valence-corrected chi connectivity index (χ2v) is 8.06. The molecule has 128 valence electrons. The van der Waals surface area contributed by atoms with Gasteiger partial charge in [0.1, 0.15) is 5.82 Å². The lowest BCUT2D eigenvalue weighted by Gasteiger charge is -2.32. The van der Waals surface area contributed by atoms with Gasteiger partial charge < -0.3 is 4.90 Å². The minimum Gasteiger partial charge on any atom is -0.342 e. The third kappa shape index (κ3) is 4.29. The number of benzene rings is 1. The SMILES string of the molecule is CN(C(=O)CN(C)S(=O)(=O)c1ccc(F)cc1)C1CCCCC1. The van der Waals surface area contributed by atoms with E-state index in [2.05, 4.69) is 0 Å². The Labute approximate surface area is 137 Å². The fourth-order valence-corrected chi connectivity index (χ4v) is 3.97. The summed E-state index contributed by atoms with van der Waals surface area (Å²) in [5.41, 5.74) is 0. The van der Waals surface area contributed by atoms with E-state index in [0.717, 1.165) is 42.1 Å². The van der Waals surface area contributed by atoms with E-state index < -0.39 is 15.8 Å². The highest BCUT2D eigenvalue weighted by atomic mass is 32.2. The molecule has 1 aliphatic rings. The summed E-state index contributed by atoms with van der Waals surface area (Å²) in [6, 6.07) is 4.79. The van der Waals surface area contributed by atoms with Crippen LogP contribution >= 0.6 is 0 Å². The van der Waals surface area contributed by atoms with Crippen molar-refractivity contribution < 1.29 is 17.6 Å². The summed E-state index contributed by atoms with van der Waals surface area (Å²) in [5, 5.41) is 0. The van der Waals surface area contributed by atoms with Gasteiger partial charge in [0.15, 0.2) is 0 Å². The van der Waals surface area contributed by atoms with Crippen molar-refractivity contribution in [1.82, 2.24) is 9.21 Å². The first-order valence-corrected chi connectivity index (χ1v) is 9.24. The van der Waals surface area contributed by atoms with Gasteiger partial charge in [0.05, 0.1) is 11.4 Å². The van der Waals surface area contributed by atoms with Crippen molar-refractivity contribution in [2.75, 3.05) is 20.6 Å². The van der Waals surface area contributed by atoms with Crippen LogP contribution in [0.15, 0.2) is 29.2 Å². The highest BCUT2D eigenvalue weighted by molar-refractivity contribution is 7.89. The summed E-state index contributed by atoms with van der Waals surface area (Å²) in [6.07, 6.45) is 5.34. The minimum atomic E-state index is -3.80. The molecule has 0 radical (unpaired) electrons. The number of amides is 1. The molecule has 1 aromatic rings. The zero-order valence-electron chi connectivity index (χ0n) is 13.5. The molecule has 0 aromatic heterocycles. The Hall–Kier alpha value is -1.47. The van der Waals surface area contributed by atoms with Gasteiger partial charge in [0.25, 0.3) is 0 Å². The van der Waals surface area contributed by atoms with Crippen LogP contribution in [0.3, 0.4) is 0 Å². The van der Waals surface area contributed by atoms with Crippen LogP contribution in [0.5, 0.6) is 0 Å². The maximum Gasteiger partial charge on any atom is 0.243 e. The van der Waals surface area contributed by atoms with Gasteiger partial charge in [-0.25, -0.2) is 12.8 Å². The molecule has 0 spiro atoms. The molecule has 23 heavy (non-hydrogen) atoms. The third-order valence-electron chi connectivity index (χ3n) is 4.40. The van der Waals surface area contributed by atoms with Crippen LogP contribution in [0.25, 0.3) is 0 Å². The van der Waals surface area contributed by atoms with Gasteiger partial charge in [-0.2, -0.15) is 4.31 Å². The Kier molecular flexibility index (Phi) is 5.75. The second-order valence-electron chi connectivity index (χ2n) is 6.01. The van der Waals surface area contributed by atoms with Crippen molar-refractivity contribution in [3.63, 3.8) is 0 Å². The zero-order valence-corrected chi connectivity index (χ0v) is 14.4. The number of carbonyl (C=O) groups excluding carboxylic acids is 1. The van der Waals surface area contributed by atoms with Crippen LogP contribution in [-0.2, 0) is 14.8 Å². The van der Waals surface area contributed by atoms with Gasteiger partial charge in [0.2, 0.25) is 15.9 Å². The Morgan fingerprint density at radius 2 is 1.70 bits per heavy atom. The number of carbonyl (C=O) groups is 1. The van der Waals surface area contributed by atoms with Gasteiger partial charge >= 0.3 is 0 Å². The number of hydrogen-bond acceptors (Lipinski definition) is 3. The molecule has 1 amide bonds. The van der Waals surface area contributed by atoms with Crippen molar-refractivity contribution >= 4 is 15.9 Å². The molecule has 0 saturated heterocycles. The molecule has 5 nitrogen and oxygen atoms in total. The second kappa shape index (κ2) is 7.40. The molecule has 0 atom stereocenters. The lowest BCUT2D eigenvalue weighted by Crippen LogP contribution is -2.44. The third-order valence-corrected chi connectivity index (χ3v) is 6.21. The van der Waals surface area contributed by atoms with Crippen molar-refractivity contribution in [1.29, 1.82) is 0 Å². The highest BCUT2D eigenvalue weighted by Gasteiger charge is 2.27. The molecule has 1 aliphatic carbocycles. The summed E-state index contributed by atoms with van der Waals surface area (Å²) in [7, 11) is -0.697. The van der Waals surface area contributed by atoms with Gasteiger partial charge in [0, 0.05) is 20.1 Å². The van der Waals surface area contributed by atoms with Crippen molar-refractivity contribution in [2.45, 2.75) is 43.0 Å². The summed E-state index contributed by atoms with van der Waals surface area (Å²) in [4.78, 5) is 14.0. The smallest absolute Gasteiger partial charge is 0.243 e. The summed E-state index contributed by atoms with van der Waals surface area (Å²) in [6.45, 7) is -0.216. The van der Waals surface area contributed by atoms with E-state index in [4.69, 9.17) is 0 Å². The van der Waals surface area contributed by atoms with Gasteiger partial charge in [-0.1, -0.05) is 19.3 Å². The highest BCUT2D eigenvalue weighted by Crippen LogP contribution is 2.22. The molecule has 0 unspecified atom stereocenters. The van der Waals surface area contributed by atoms with E-state index in [-0.39, 0.29) is 23.4 Å². The van der Waals surface area contributed by atoms with Crippen LogP contribution in [0.4, 0.5) is 4.39 Å². The monoisotopic (exact) mass is 342 g/mol. The fourth-order valence-electron chi connectivity index (χ4n) is 2.85. The quantitative estimate of drug-likeness (QED) is 0.824. The molecular formula is C16H23FN2O3S. The van der Waals surface area contributed by atoms with Gasteiger partial charge in [-0.3, -0.25) is 4.79 Å². The number of rotatable bonds is 5. The number of hydrogen-bond donors (Lipinski definition) is 0. The predicted molar refractivity (Wildman–Crippen MR) is 85.9 cm³/mol. The Morgan fingerprint density at radius 1 is 1.13 bits per heavy atom. The average molecular weight is 342 g/mol. The molecule has 0 N–H and O–H groups in total. The first-order chi connectivity index (χ1) is 10.8. The largest absolute Gasteiger partial charge is 0.342 e. The zero-order chi connectivity index (χ0) is 17.0. The normalized spacial score (nSPS) is 16.5. The summed E-state index contributed by atoms with van der Waals surface area (Å²) in [5.74, 6) is -0.718. The molecule has 7 heteroatoms. The van der Waals surface area contributed by atoms with Crippen LogP contribution in [0, 0.1) is 5.82 Å². The van der Waals surface area contributed by atoms with E-state index >= 15 is 0 Å². The molecule has 2 rings (SSSR count). The van der Waals surface area contributed by atoms with E-state index in [0.29, 0.717) is 0 Å². The predicted octanol–water partition coefficient (Wildman–Crippen LogP) is 2.24.